The van der Waals surface area contributed by atoms with Crippen LogP contribution in [0.15, 0.2) is 18.3 Å². The zero-order chi connectivity index (χ0) is 11.5. The topological polar surface area (TPSA) is 65.9 Å². The summed E-state index contributed by atoms with van der Waals surface area (Å²) in [4.78, 5) is 6.20. The minimum atomic E-state index is -0.166. The Morgan fingerprint density at radius 1 is 1.60 bits per heavy atom. The predicted molar refractivity (Wildman–Crippen MR) is 60.5 cm³/mol. The van der Waals surface area contributed by atoms with E-state index in [9.17, 15) is 0 Å². The monoisotopic (exact) mass is 204 g/mol. The number of hydrogen-bond acceptors (Lipinski definition) is 4. The third-order valence-electron chi connectivity index (χ3n) is 2.63. The lowest BCUT2D eigenvalue weighted by Crippen LogP contribution is -2.47. The van der Waals surface area contributed by atoms with Gasteiger partial charge in [0.05, 0.1) is 11.6 Å². The smallest absolute Gasteiger partial charge is 0.130 e. The van der Waals surface area contributed by atoms with Crippen LogP contribution in [-0.2, 0) is 0 Å². The van der Waals surface area contributed by atoms with Gasteiger partial charge in [0.2, 0.25) is 0 Å². The zero-order valence-corrected chi connectivity index (χ0v) is 9.36. The third-order valence-corrected chi connectivity index (χ3v) is 2.63. The number of nitriles is 1. The molecule has 15 heavy (non-hydrogen) atoms. The molecule has 0 spiro atoms. The summed E-state index contributed by atoms with van der Waals surface area (Å²) in [7, 11) is 1.93. The van der Waals surface area contributed by atoms with Crippen LogP contribution in [0, 0.1) is 11.3 Å². The largest absolute Gasteiger partial charge is 0.353 e. The molecular weight excluding hydrogens is 188 g/mol. The second kappa shape index (κ2) is 4.28. The minimum Gasteiger partial charge on any atom is -0.353 e. The molecule has 0 fully saturated rings. The second-order valence-electron chi connectivity index (χ2n) is 4.09. The Bertz CT molecular complexity index is 378. The van der Waals surface area contributed by atoms with E-state index < -0.39 is 0 Å². The van der Waals surface area contributed by atoms with E-state index in [0.29, 0.717) is 12.1 Å². The minimum absolute atomic E-state index is 0.166. The van der Waals surface area contributed by atoms with Crippen LogP contribution in [-0.4, -0.2) is 24.1 Å². The van der Waals surface area contributed by atoms with E-state index in [2.05, 4.69) is 11.1 Å². The highest BCUT2D eigenvalue weighted by molar-refractivity contribution is 5.46. The number of nitrogens with zero attached hydrogens (tertiary/aromatic N) is 3. The Morgan fingerprint density at radius 3 is 2.80 bits per heavy atom. The van der Waals surface area contributed by atoms with Crippen LogP contribution >= 0.6 is 0 Å². The molecule has 0 unspecified atom stereocenters. The number of nitrogens with two attached hydrogens (primary N) is 1. The van der Waals surface area contributed by atoms with E-state index in [-0.39, 0.29) is 5.54 Å². The van der Waals surface area contributed by atoms with Gasteiger partial charge in [-0.05, 0) is 26.0 Å². The van der Waals surface area contributed by atoms with Gasteiger partial charge in [0.1, 0.15) is 5.82 Å². The fourth-order valence-electron chi connectivity index (χ4n) is 1.12. The summed E-state index contributed by atoms with van der Waals surface area (Å²) >= 11 is 0. The van der Waals surface area contributed by atoms with Gasteiger partial charge in [-0.1, -0.05) is 0 Å². The molecule has 1 aromatic rings. The van der Waals surface area contributed by atoms with E-state index >= 15 is 0 Å². The molecule has 0 aliphatic carbocycles. The van der Waals surface area contributed by atoms with E-state index in [1.54, 1.807) is 18.3 Å². The number of anilines is 1. The van der Waals surface area contributed by atoms with Gasteiger partial charge >= 0.3 is 0 Å². The van der Waals surface area contributed by atoms with Gasteiger partial charge in [-0.15, -0.1) is 0 Å². The summed E-state index contributed by atoms with van der Waals surface area (Å²) < 4.78 is 0. The molecule has 0 saturated heterocycles. The third kappa shape index (κ3) is 2.45. The lowest BCUT2D eigenvalue weighted by Gasteiger charge is -2.35. The molecule has 0 atom stereocenters. The maximum atomic E-state index is 8.78. The average Bonchev–Trinajstić information content (AvgIpc) is 2.28. The maximum absolute atomic E-state index is 8.78. The Hall–Kier alpha value is -1.60. The Morgan fingerprint density at radius 2 is 2.27 bits per heavy atom. The Balaban J connectivity index is 3.02. The molecule has 0 bridgehead atoms. The molecule has 0 radical (unpaired) electrons. The quantitative estimate of drug-likeness (QED) is 0.801. The molecule has 4 nitrogen and oxygen atoms in total. The molecule has 80 valence electrons. The van der Waals surface area contributed by atoms with Gasteiger partial charge in [-0.25, -0.2) is 4.98 Å². The van der Waals surface area contributed by atoms with Crippen molar-refractivity contribution in [1.29, 1.82) is 5.26 Å². The molecule has 0 amide bonds. The fraction of sp³-hybridized carbons (Fsp3) is 0.455. The normalized spacial score (nSPS) is 10.9. The van der Waals surface area contributed by atoms with E-state index in [0.717, 1.165) is 5.82 Å². The van der Waals surface area contributed by atoms with Crippen LogP contribution in [0.1, 0.15) is 19.4 Å². The number of pyridine rings is 1. The molecule has 0 aliphatic heterocycles. The van der Waals surface area contributed by atoms with Crippen LogP contribution in [0.3, 0.4) is 0 Å². The summed E-state index contributed by atoms with van der Waals surface area (Å²) in [6.45, 7) is 4.60. The van der Waals surface area contributed by atoms with Crippen LogP contribution in [0.25, 0.3) is 0 Å². The lowest BCUT2D eigenvalue weighted by atomic mass is 10.0. The standard InChI is InChI=1S/C11H16N4/c1-11(2,8-13)15(3)10-6-9(7-12)4-5-14-10/h4-6H,8,13H2,1-3H3. The van der Waals surface area contributed by atoms with Crippen molar-refractivity contribution in [3.63, 3.8) is 0 Å². The van der Waals surface area contributed by atoms with Gasteiger partial charge in [-0.3, -0.25) is 0 Å². The Labute approximate surface area is 90.3 Å². The maximum Gasteiger partial charge on any atom is 0.130 e. The SMILES string of the molecule is CN(c1cc(C#N)ccn1)C(C)(C)CN. The van der Waals surface area contributed by atoms with Gasteiger partial charge in [0, 0.05) is 25.3 Å². The first-order chi connectivity index (χ1) is 7.01. The number of likely N-dealkylation sites (N-methyl/N-ethyl adjacent to an activating group) is 1. The summed E-state index contributed by atoms with van der Waals surface area (Å²) in [5, 5.41) is 8.78. The molecule has 4 heteroatoms. The fourth-order valence-corrected chi connectivity index (χ4v) is 1.12. The predicted octanol–water partition coefficient (Wildman–Crippen LogP) is 1.13. The average molecular weight is 204 g/mol. The van der Waals surface area contributed by atoms with Crippen molar-refractivity contribution in [1.82, 2.24) is 4.98 Å². The summed E-state index contributed by atoms with van der Waals surface area (Å²) in [5.74, 6) is 0.768. The molecule has 2 N–H and O–H groups in total. The van der Waals surface area contributed by atoms with Gasteiger partial charge in [0.25, 0.3) is 0 Å². The van der Waals surface area contributed by atoms with Crippen molar-refractivity contribution in [3.05, 3.63) is 23.9 Å². The summed E-state index contributed by atoms with van der Waals surface area (Å²) in [6.07, 6.45) is 1.64. The van der Waals surface area contributed by atoms with Crippen molar-refractivity contribution in [2.24, 2.45) is 5.73 Å². The first-order valence-corrected chi connectivity index (χ1v) is 4.81. The van der Waals surface area contributed by atoms with Crippen LogP contribution in [0.4, 0.5) is 5.82 Å². The highest BCUT2D eigenvalue weighted by atomic mass is 15.2. The van der Waals surface area contributed by atoms with E-state index in [4.69, 9.17) is 11.0 Å². The van der Waals surface area contributed by atoms with Crippen molar-refractivity contribution >= 4 is 5.82 Å². The number of hydrogen-bond donors (Lipinski definition) is 1. The van der Waals surface area contributed by atoms with Gasteiger partial charge < -0.3 is 10.6 Å². The molecule has 1 rings (SSSR count). The highest BCUT2D eigenvalue weighted by Crippen LogP contribution is 2.19. The first-order valence-electron chi connectivity index (χ1n) is 4.81. The van der Waals surface area contributed by atoms with Crippen LogP contribution in [0.2, 0.25) is 0 Å². The molecular formula is C11H16N4. The molecule has 0 aliphatic rings. The van der Waals surface area contributed by atoms with E-state index in [1.165, 1.54) is 0 Å². The van der Waals surface area contributed by atoms with Crippen LogP contribution in [0.5, 0.6) is 0 Å². The Kier molecular flexibility index (Phi) is 3.28. The second-order valence-corrected chi connectivity index (χ2v) is 4.09. The van der Waals surface area contributed by atoms with Crippen molar-refractivity contribution in [3.8, 4) is 6.07 Å². The molecule has 0 aromatic carbocycles. The lowest BCUT2D eigenvalue weighted by molar-refractivity contribution is 0.494. The molecule has 1 heterocycles. The van der Waals surface area contributed by atoms with E-state index in [1.807, 2.05) is 25.8 Å². The van der Waals surface area contributed by atoms with Gasteiger partial charge in [-0.2, -0.15) is 5.26 Å². The van der Waals surface area contributed by atoms with Gasteiger partial charge in [0.15, 0.2) is 0 Å². The zero-order valence-electron chi connectivity index (χ0n) is 9.36. The summed E-state index contributed by atoms with van der Waals surface area (Å²) in [5.41, 5.74) is 6.13. The van der Waals surface area contributed by atoms with Crippen molar-refractivity contribution in [2.45, 2.75) is 19.4 Å². The number of rotatable bonds is 3. The highest BCUT2D eigenvalue weighted by Gasteiger charge is 2.22. The molecule has 1 aromatic heterocycles. The van der Waals surface area contributed by atoms with Crippen LogP contribution < -0.4 is 10.6 Å². The number of aromatic nitrogens is 1. The summed E-state index contributed by atoms with van der Waals surface area (Å²) in [6, 6.07) is 5.54. The molecule has 0 saturated carbocycles. The first kappa shape index (κ1) is 11.5. The van der Waals surface area contributed by atoms with Crippen molar-refractivity contribution in [2.75, 3.05) is 18.5 Å². The van der Waals surface area contributed by atoms with Crippen molar-refractivity contribution < 1.29 is 0 Å².